The van der Waals surface area contributed by atoms with Crippen LogP contribution in [-0.2, 0) is 0 Å². The van der Waals surface area contributed by atoms with Crippen molar-refractivity contribution in [2.45, 2.75) is 6.92 Å². The quantitative estimate of drug-likeness (QED) is 0.799. The first-order valence-electron chi connectivity index (χ1n) is 8.12. The zero-order chi connectivity index (χ0) is 16.9. The van der Waals surface area contributed by atoms with Crippen LogP contribution in [0, 0.1) is 0 Å². The van der Waals surface area contributed by atoms with Crippen molar-refractivity contribution < 1.29 is 0 Å². The van der Waals surface area contributed by atoms with Crippen LogP contribution >= 0.6 is 11.6 Å². The Morgan fingerprint density at radius 1 is 1.17 bits per heavy atom. The molecule has 2 heterocycles. The van der Waals surface area contributed by atoms with Gasteiger partial charge >= 0.3 is 0 Å². The van der Waals surface area contributed by atoms with Crippen LogP contribution in [0.2, 0.25) is 5.02 Å². The van der Waals surface area contributed by atoms with Crippen molar-refractivity contribution in [2.24, 2.45) is 0 Å². The molecular formula is C18H21ClN4O. The van der Waals surface area contributed by atoms with Crippen molar-refractivity contribution in [3.8, 4) is 5.69 Å². The van der Waals surface area contributed by atoms with Crippen LogP contribution in [0.4, 0.5) is 5.69 Å². The van der Waals surface area contributed by atoms with E-state index in [0.29, 0.717) is 5.69 Å². The molecule has 1 aliphatic rings. The Morgan fingerprint density at radius 2 is 1.88 bits per heavy atom. The van der Waals surface area contributed by atoms with Gasteiger partial charge in [-0.1, -0.05) is 42.0 Å². The van der Waals surface area contributed by atoms with Crippen LogP contribution in [0.15, 0.2) is 53.5 Å². The first kappa shape index (κ1) is 16.7. The van der Waals surface area contributed by atoms with Crippen LogP contribution < -0.4 is 10.5 Å². The minimum atomic E-state index is -0.281. The molecule has 0 radical (unpaired) electrons. The lowest BCUT2D eigenvalue weighted by atomic mass is 10.2. The summed E-state index contributed by atoms with van der Waals surface area (Å²) in [4.78, 5) is 17.1. The number of rotatable bonds is 4. The molecule has 0 amide bonds. The van der Waals surface area contributed by atoms with Gasteiger partial charge in [0.1, 0.15) is 5.02 Å². The fourth-order valence-corrected chi connectivity index (χ4v) is 3.07. The van der Waals surface area contributed by atoms with Crippen molar-refractivity contribution in [3.05, 3.63) is 64.1 Å². The maximum Gasteiger partial charge on any atom is 0.292 e. The molecule has 5 nitrogen and oxygen atoms in total. The zero-order valence-corrected chi connectivity index (χ0v) is 14.5. The van der Waals surface area contributed by atoms with E-state index in [-0.39, 0.29) is 10.6 Å². The Balaban J connectivity index is 1.79. The fourth-order valence-electron chi connectivity index (χ4n) is 2.82. The van der Waals surface area contributed by atoms with Crippen molar-refractivity contribution in [3.63, 3.8) is 0 Å². The van der Waals surface area contributed by atoms with Crippen LogP contribution in [-0.4, -0.2) is 47.4 Å². The van der Waals surface area contributed by atoms with E-state index in [1.807, 2.05) is 37.3 Å². The third-order valence-corrected chi connectivity index (χ3v) is 4.57. The van der Waals surface area contributed by atoms with Gasteiger partial charge in [0.2, 0.25) is 0 Å². The maximum atomic E-state index is 12.6. The van der Waals surface area contributed by atoms with Crippen molar-refractivity contribution in [2.75, 3.05) is 37.6 Å². The number of hydrogen-bond acceptors (Lipinski definition) is 4. The molecule has 0 N–H and O–H groups in total. The highest BCUT2D eigenvalue weighted by Crippen LogP contribution is 2.23. The molecule has 6 heteroatoms. The Labute approximate surface area is 146 Å². The molecule has 0 spiro atoms. The average Bonchev–Trinajstić information content (AvgIpc) is 2.63. The van der Waals surface area contributed by atoms with E-state index < -0.39 is 0 Å². The van der Waals surface area contributed by atoms with Crippen molar-refractivity contribution >= 4 is 17.3 Å². The van der Waals surface area contributed by atoms with E-state index in [1.54, 1.807) is 6.20 Å². The highest BCUT2D eigenvalue weighted by Gasteiger charge is 2.20. The largest absolute Gasteiger partial charge is 0.366 e. The molecule has 24 heavy (non-hydrogen) atoms. The summed E-state index contributed by atoms with van der Waals surface area (Å²) in [6, 6.07) is 9.32. The number of allylic oxidation sites excluding steroid dienone is 1. The SMILES string of the molecule is CC=CCN1CCN(c2cnn(-c3ccccc3)c(=O)c2Cl)CC1. The van der Waals surface area contributed by atoms with Crippen molar-refractivity contribution in [1.29, 1.82) is 0 Å². The first-order chi connectivity index (χ1) is 11.7. The summed E-state index contributed by atoms with van der Waals surface area (Å²) in [5.41, 5.74) is 1.16. The summed E-state index contributed by atoms with van der Waals surface area (Å²) in [7, 11) is 0. The lowest BCUT2D eigenvalue weighted by molar-refractivity contribution is 0.284. The lowest BCUT2D eigenvalue weighted by Crippen LogP contribution is -2.47. The van der Waals surface area contributed by atoms with Crippen LogP contribution in [0.3, 0.4) is 0 Å². The van der Waals surface area contributed by atoms with E-state index >= 15 is 0 Å². The topological polar surface area (TPSA) is 41.4 Å². The molecule has 0 aliphatic carbocycles. The molecule has 1 aliphatic heterocycles. The van der Waals surface area contributed by atoms with Crippen molar-refractivity contribution in [1.82, 2.24) is 14.7 Å². The minimum Gasteiger partial charge on any atom is -0.366 e. The van der Waals surface area contributed by atoms with Gasteiger partial charge in [-0.25, -0.2) is 0 Å². The molecular weight excluding hydrogens is 324 g/mol. The molecule has 1 fully saturated rings. The van der Waals surface area contributed by atoms with Gasteiger partial charge in [-0.3, -0.25) is 9.69 Å². The second kappa shape index (κ2) is 7.64. The summed E-state index contributed by atoms with van der Waals surface area (Å²) in [5.74, 6) is 0. The first-order valence-corrected chi connectivity index (χ1v) is 8.50. The van der Waals surface area contributed by atoms with E-state index in [9.17, 15) is 4.79 Å². The smallest absolute Gasteiger partial charge is 0.292 e. The Hall–Kier alpha value is -2.11. The van der Waals surface area contributed by atoms with Crippen LogP contribution in [0.1, 0.15) is 6.92 Å². The summed E-state index contributed by atoms with van der Waals surface area (Å²) in [6.07, 6.45) is 5.92. The molecule has 0 atom stereocenters. The fraction of sp³-hybridized carbons (Fsp3) is 0.333. The van der Waals surface area contributed by atoms with E-state index in [1.165, 1.54) is 4.68 Å². The highest BCUT2D eigenvalue weighted by atomic mass is 35.5. The zero-order valence-electron chi connectivity index (χ0n) is 13.7. The number of para-hydroxylation sites is 1. The molecule has 1 saturated heterocycles. The van der Waals surface area contributed by atoms with Gasteiger partial charge in [0, 0.05) is 32.7 Å². The average molecular weight is 345 g/mol. The summed E-state index contributed by atoms with van der Waals surface area (Å²) in [6.45, 7) is 6.57. The molecule has 0 bridgehead atoms. The summed E-state index contributed by atoms with van der Waals surface area (Å²) >= 11 is 6.36. The third kappa shape index (κ3) is 3.52. The Kier molecular flexibility index (Phi) is 5.33. The predicted octanol–water partition coefficient (Wildman–Crippen LogP) is 2.58. The monoisotopic (exact) mass is 344 g/mol. The number of halogens is 1. The van der Waals surface area contributed by atoms with Gasteiger partial charge in [-0.2, -0.15) is 9.78 Å². The normalized spacial score (nSPS) is 16.0. The van der Waals surface area contributed by atoms with E-state index in [2.05, 4.69) is 27.1 Å². The van der Waals surface area contributed by atoms with Gasteiger partial charge < -0.3 is 4.90 Å². The second-order valence-electron chi connectivity index (χ2n) is 5.75. The van der Waals surface area contributed by atoms with Gasteiger partial charge in [0.15, 0.2) is 0 Å². The van der Waals surface area contributed by atoms with Gasteiger partial charge in [0.25, 0.3) is 5.56 Å². The number of benzene rings is 1. The number of hydrogen-bond donors (Lipinski definition) is 0. The lowest BCUT2D eigenvalue weighted by Gasteiger charge is -2.35. The van der Waals surface area contributed by atoms with Gasteiger partial charge in [-0.15, -0.1) is 0 Å². The number of nitrogens with zero attached hydrogens (tertiary/aromatic N) is 4. The predicted molar refractivity (Wildman–Crippen MR) is 98.3 cm³/mol. The van der Waals surface area contributed by atoms with Gasteiger partial charge in [-0.05, 0) is 19.1 Å². The van der Waals surface area contributed by atoms with Gasteiger partial charge in [0.05, 0.1) is 17.6 Å². The Bertz CT molecular complexity index is 764. The van der Waals surface area contributed by atoms with E-state index in [0.717, 1.165) is 38.4 Å². The van der Waals surface area contributed by atoms with E-state index in [4.69, 9.17) is 11.6 Å². The minimum absolute atomic E-state index is 0.232. The molecule has 0 saturated carbocycles. The molecule has 3 rings (SSSR count). The van der Waals surface area contributed by atoms with Crippen LogP contribution in [0.25, 0.3) is 5.69 Å². The second-order valence-corrected chi connectivity index (χ2v) is 6.13. The molecule has 1 aromatic heterocycles. The Morgan fingerprint density at radius 3 is 2.54 bits per heavy atom. The summed E-state index contributed by atoms with van der Waals surface area (Å²) in [5, 5.41) is 4.54. The maximum absolute atomic E-state index is 12.6. The number of piperazine rings is 1. The number of aromatic nitrogens is 2. The third-order valence-electron chi connectivity index (χ3n) is 4.21. The molecule has 126 valence electrons. The summed E-state index contributed by atoms with van der Waals surface area (Å²) < 4.78 is 1.34. The molecule has 1 aromatic carbocycles. The van der Waals surface area contributed by atoms with Crippen LogP contribution in [0.5, 0.6) is 0 Å². The standard InChI is InChI=1S/C18H21ClN4O/c1-2-3-9-21-10-12-22(13-11-21)16-14-20-23(18(24)17(16)19)15-7-5-4-6-8-15/h2-8,14H,9-13H2,1H3. The molecule has 2 aromatic rings. The molecule has 0 unspecified atom stereocenters. The highest BCUT2D eigenvalue weighted by molar-refractivity contribution is 6.33. The number of anilines is 1.